The van der Waals surface area contributed by atoms with E-state index in [0.29, 0.717) is 18.4 Å². The van der Waals surface area contributed by atoms with Crippen LogP contribution in [0.5, 0.6) is 0 Å². The van der Waals surface area contributed by atoms with E-state index >= 15 is 4.39 Å². The van der Waals surface area contributed by atoms with Crippen molar-refractivity contribution < 1.29 is 51.1 Å². The summed E-state index contributed by atoms with van der Waals surface area (Å²) in [6.45, 7) is 6.49. The number of rotatable bonds is 19. The van der Waals surface area contributed by atoms with Crippen molar-refractivity contribution in [1.29, 1.82) is 0 Å². The van der Waals surface area contributed by atoms with Gasteiger partial charge in [0.2, 0.25) is 5.28 Å². The number of fused-ring (bicyclic) bond motifs is 1. The zero-order chi connectivity index (χ0) is 35.8. The molecule has 0 amide bonds. The maximum atomic E-state index is 15.2. The van der Waals surface area contributed by atoms with E-state index in [1.165, 1.54) is 6.92 Å². The van der Waals surface area contributed by atoms with Gasteiger partial charge < -0.3 is 34.6 Å². The average molecular weight is 751 g/mol. The maximum Gasteiger partial charge on any atom is 0.412 e. The lowest BCUT2D eigenvalue weighted by atomic mass is 10.1. The molecule has 1 aliphatic rings. The summed E-state index contributed by atoms with van der Waals surface area (Å²) in [4.78, 5) is 39.6. The molecule has 0 bridgehead atoms. The molecular formula is C28H40ClFN7O10P2-. The number of nitrogens with two attached hydrogens (primary N) is 1. The van der Waals surface area contributed by atoms with Crippen LogP contribution < -0.4 is 15.7 Å². The third-order valence-electron chi connectivity index (χ3n) is 7.55. The van der Waals surface area contributed by atoms with Gasteiger partial charge in [0.05, 0.1) is 19.5 Å². The van der Waals surface area contributed by atoms with Crippen molar-refractivity contribution >= 4 is 50.1 Å². The van der Waals surface area contributed by atoms with Crippen LogP contribution in [0, 0.1) is 0 Å². The molecule has 272 valence electrons. The maximum absolute atomic E-state index is 15.2. The number of aromatic nitrogens is 4. The second-order valence-electron chi connectivity index (χ2n) is 11.0. The van der Waals surface area contributed by atoms with E-state index in [0.717, 1.165) is 30.5 Å². The minimum atomic E-state index is -5.52. The SMILES string of the molecule is CCN(CC)CCCCOP(=O)(N[C@@H](C)C(=O)OCc1ccccc1)OP(=O)([O-])OC[C@H]1O[C@@H](n2cnc3c(N)nc(Cl)nc32)C(F)C1O. The number of carbonyl (C=O) groups is 1. The number of phosphoric acid groups is 1. The molecule has 3 aromatic rings. The summed E-state index contributed by atoms with van der Waals surface area (Å²) in [5.74, 6) is -0.933. The van der Waals surface area contributed by atoms with Crippen molar-refractivity contribution in [2.45, 2.75) is 70.9 Å². The van der Waals surface area contributed by atoms with Crippen LogP contribution in [-0.2, 0) is 43.4 Å². The molecule has 17 nitrogen and oxygen atoms in total. The van der Waals surface area contributed by atoms with Crippen LogP contribution in [0.2, 0.25) is 5.28 Å². The van der Waals surface area contributed by atoms with Gasteiger partial charge in [0, 0.05) is 0 Å². The second-order valence-corrected chi connectivity index (χ2v) is 14.7. The number of alkyl halides is 1. The topological polar surface area (TPSA) is 226 Å². The molecule has 4 rings (SSSR count). The van der Waals surface area contributed by atoms with Gasteiger partial charge in [-0.25, -0.2) is 23.3 Å². The fraction of sp³-hybridized carbons (Fsp3) is 0.571. The standard InChI is InChI=1S/C28H41ClFN7O10P2/c1-4-36(5-2)13-9-10-14-44-48(40,35-18(3)27(39)43-15-19-11-7-6-8-12-19)47-49(41,42)45-16-20-23(38)21(30)26(46-20)37-17-32-22-24(31)33-28(29)34-25(22)37/h6-8,11-12,17-18,20-21,23,26,38H,4-5,9-10,13-16H2,1-3H3,(H,35,40)(H,41,42)(H2,31,33,34)/p-1/t18-,20+,21?,23?,26+,48?/m0/s1. The molecule has 4 unspecified atom stereocenters. The Balaban J connectivity index is 1.40. The van der Waals surface area contributed by atoms with E-state index < -0.39 is 58.8 Å². The molecule has 1 saturated heterocycles. The number of nitrogen functional groups attached to an aromatic ring is 1. The third-order valence-corrected chi connectivity index (χ3v) is 11.1. The number of aliphatic hydroxyl groups excluding tert-OH is 1. The van der Waals surface area contributed by atoms with Crippen LogP contribution >= 0.6 is 27.2 Å². The first-order valence-electron chi connectivity index (χ1n) is 15.5. The number of hydrogen-bond donors (Lipinski definition) is 3. The molecule has 49 heavy (non-hydrogen) atoms. The van der Waals surface area contributed by atoms with E-state index in [9.17, 15) is 23.9 Å². The summed E-state index contributed by atoms with van der Waals surface area (Å²) >= 11 is 5.87. The van der Waals surface area contributed by atoms with E-state index in [1.807, 2.05) is 13.8 Å². The zero-order valence-corrected chi connectivity index (χ0v) is 29.6. The minimum absolute atomic E-state index is 0.00872. The largest absolute Gasteiger partial charge is 0.756 e. The third kappa shape index (κ3) is 10.7. The van der Waals surface area contributed by atoms with Gasteiger partial charge in [0.25, 0.3) is 7.82 Å². The van der Waals surface area contributed by atoms with Crippen molar-refractivity contribution in [3.05, 3.63) is 47.5 Å². The quantitative estimate of drug-likeness (QED) is 0.0692. The number of phosphoric ester groups is 1. The van der Waals surface area contributed by atoms with Gasteiger partial charge in [0.15, 0.2) is 23.9 Å². The summed E-state index contributed by atoms with van der Waals surface area (Å²) in [7, 11) is -10.3. The monoisotopic (exact) mass is 750 g/mol. The Hall–Kier alpha value is -2.60. The molecule has 4 N–H and O–H groups in total. The van der Waals surface area contributed by atoms with Crippen LogP contribution in [0.4, 0.5) is 10.2 Å². The number of halogens is 2. The van der Waals surface area contributed by atoms with Crippen LogP contribution in [0.15, 0.2) is 36.7 Å². The van der Waals surface area contributed by atoms with Gasteiger partial charge in [-0.1, -0.05) is 44.2 Å². The molecule has 0 saturated carbocycles. The minimum Gasteiger partial charge on any atom is -0.756 e. The molecule has 2 aromatic heterocycles. The Morgan fingerprint density at radius 3 is 2.63 bits per heavy atom. The number of nitrogens with zero attached hydrogens (tertiary/aromatic N) is 5. The van der Waals surface area contributed by atoms with Crippen LogP contribution in [0.1, 0.15) is 45.4 Å². The number of unbranched alkanes of at least 4 members (excludes halogenated alkanes) is 1. The average Bonchev–Trinajstić information content (AvgIpc) is 3.60. The molecular weight excluding hydrogens is 711 g/mol. The van der Waals surface area contributed by atoms with Gasteiger partial charge >= 0.3 is 13.7 Å². The molecule has 0 radical (unpaired) electrons. The Morgan fingerprint density at radius 1 is 1.22 bits per heavy atom. The number of carbonyl (C=O) groups excluding carboxylic acids is 1. The number of esters is 1. The van der Waals surface area contributed by atoms with E-state index in [4.69, 9.17) is 40.2 Å². The van der Waals surface area contributed by atoms with E-state index in [2.05, 4.69) is 24.9 Å². The summed E-state index contributed by atoms with van der Waals surface area (Å²) in [6, 6.07) is 7.45. The highest BCUT2D eigenvalue weighted by Crippen LogP contribution is 2.59. The number of aliphatic hydroxyl groups is 1. The Labute approximate surface area is 287 Å². The highest BCUT2D eigenvalue weighted by molar-refractivity contribution is 7.62. The fourth-order valence-electron chi connectivity index (χ4n) is 4.87. The Bertz CT molecular complexity index is 1640. The predicted octanol–water partition coefficient (Wildman–Crippen LogP) is 3.13. The van der Waals surface area contributed by atoms with Gasteiger partial charge in [-0.05, 0) is 56.6 Å². The smallest absolute Gasteiger partial charge is 0.412 e. The second kappa shape index (κ2) is 17.6. The zero-order valence-electron chi connectivity index (χ0n) is 27.1. The van der Waals surface area contributed by atoms with Crippen molar-refractivity contribution in [2.75, 3.05) is 38.6 Å². The fourth-order valence-corrected chi connectivity index (χ4v) is 8.02. The number of anilines is 1. The van der Waals surface area contributed by atoms with Gasteiger partial charge in [-0.15, -0.1) is 0 Å². The molecule has 0 aliphatic carbocycles. The summed E-state index contributed by atoms with van der Waals surface area (Å²) in [5, 5.41) is 12.6. The highest BCUT2D eigenvalue weighted by atomic mass is 35.5. The highest BCUT2D eigenvalue weighted by Gasteiger charge is 2.47. The normalized spacial score (nSPS) is 22.6. The van der Waals surface area contributed by atoms with Gasteiger partial charge in [0.1, 0.15) is 30.4 Å². The summed E-state index contributed by atoms with van der Waals surface area (Å²) < 4.78 is 69.0. The number of imidazole rings is 1. The Morgan fingerprint density at radius 2 is 1.94 bits per heavy atom. The predicted molar refractivity (Wildman–Crippen MR) is 174 cm³/mol. The molecule has 3 heterocycles. The van der Waals surface area contributed by atoms with Crippen molar-refractivity contribution in [3.8, 4) is 0 Å². The van der Waals surface area contributed by atoms with E-state index in [1.54, 1.807) is 30.3 Å². The van der Waals surface area contributed by atoms with E-state index in [-0.39, 0.29) is 35.5 Å². The van der Waals surface area contributed by atoms with Crippen molar-refractivity contribution in [3.63, 3.8) is 0 Å². The van der Waals surface area contributed by atoms with Crippen molar-refractivity contribution in [2.24, 2.45) is 0 Å². The van der Waals surface area contributed by atoms with Gasteiger partial charge in [-0.3, -0.25) is 18.5 Å². The van der Waals surface area contributed by atoms with Crippen LogP contribution in [0.25, 0.3) is 11.2 Å². The first-order valence-corrected chi connectivity index (χ1v) is 18.9. The first kappa shape index (κ1) is 39.2. The molecule has 7 atom stereocenters. The summed E-state index contributed by atoms with van der Waals surface area (Å²) in [5.41, 5.74) is 6.60. The number of benzene rings is 1. The lowest BCUT2D eigenvalue weighted by Gasteiger charge is -2.30. The molecule has 1 aliphatic heterocycles. The molecule has 21 heteroatoms. The Kier molecular flexibility index (Phi) is 14.0. The lowest BCUT2D eigenvalue weighted by Crippen LogP contribution is -2.35. The lowest BCUT2D eigenvalue weighted by molar-refractivity contribution is -0.220. The molecule has 1 fully saturated rings. The van der Waals surface area contributed by atoms with Crippen molar-refractivity contribution in [1.82, 2.24) is 29.5 Å². The van der Waals surface area contributed by atoms with Crippen LogP contribution in [0.3, 0.4) is 0 Å². The molecule has 0 spiro atoms. The number of ether oxygens (including phenoxy) is 2. The molecule has 1 aromatic carbocycles. The summed E-state index contributed by atoms with van der Waals surface area (Å²) in [6.07, 6.45) is -4.87. The number of nitrogens with one attached hydrogen (secondary N) is 1. The first-order chi connectivity index (χ1) is 23.3. The van der Waals surface area contributed by atoms with Gasteiger partial charge in [-0.2, -0.15) is 9.97 Å². The number of hydrogen-bond acceptors (Lipinski definition) is 15. The van der Waals surface area contributed by atoms with Crippen LogP contribution in [-0.4, -0.2) is 92.8 Å².